The number of fused-ring (bicyclic) bond motifs is 8. The number of rotatable bonds is 4. The minimum absolute atomic E-state index is 0.921. The van der Waals surface area contributed by atoms with E-state index in [1.807, 2.05) is 0 Å². The van der Waals surface area contributed by atoms with E-state index >= 15 is 0 Å². The number of nitrogens with zero attached hydrogens (tertiary/aromatic N) is 1. The molecule has 0 fully saturated rings. The Kier molecular flexibility index (Phi) is 5.54. The second-order valence-corrected chi connectivity index (χ2v) is 11.3. The molecule has 0 spiro atoms. The summed E-state index contributed by atoms with van der Waals surface area (Å²) >= 11 is 0. The van der Waals surface area contributed by atoms with Crippen LogP contribution in [0.2, 0.25) is 0 Å². The minimum Gasteiger partial charge on any atom is -0.455 e. The van der Waals surface area contributed by atoms with Crippen molar-refractivity contribution in [3.8, 4) is 11.1 Å². The lowest BCUT2D eigenvalue weighted by atomic mass is 9.98. The number of furan rings is 1. The quantitative estimate of drug-likeness (QED) is 0.199. The van der Waals surface area contributed by atoms with Gasteiger partial charge in [0.25, 0.3) is 0 Å². The Morgan fingerprint density at radius 3 is 1.80 bits per heavy atom. The van der Waals surface area contributed by atoms with Crippen molar-refractivity contribution in [2.24, 2.45) is 0 Å². The molecule has 2 heteroatoms. The first-order valence-electron chi connectivity index (χ1n) is 15.0. The fourth-order valence-electron chi connectivity index (χ4n) is 6.77. The summed E-state index contributed by atoms with van der Waals surface area (Å²) in [5, 5.41) is 9.52. The van der Waals surface area contributed by atoms with E-state index in [1.165, 1.54) is 32.3 Å². The molecule has 0 atom stereocenters. The Balaban J connectivity index is 1.21. The smallest absolute Gasteiger partial charge is 0.143 e. The van der Waals surface area contributed by atoms with E-state index in [0.29, 0.717) is 0 Å². The second-order valence-electron chi connectivity index (χ2n) is 11.3. The van der Waals surface area contributed by atoms with Crippen LogP contribution >= 0.6 is 0 Å². The maximum Gasteiger partial charge on any atom is 0.143 e. The zero-order valence-electron chi connectivity index (χ0n) is 23.9. The average molecular weight is 562 g/mol. The number of hydrogen-bond acceptors (Lipinski definition) is 2. The summed E-state index contributed by atoms with van der Waals surface area (Å²) in [5.74, 6) is 0. The largest absolute Gasteiger partial charge is 0.455 e. The minimum atomic E-state index is 0.921. The lowest BCUT2D eigenvalue weighted by Crippen LogP contribution is -2.10. The number of benzene rings is 8. The number of anilines is 3. The highest BCUT2D eigenvalue weighted by atomic mass is 16.3. The van der Waals surface area contributed by atoms with E-state index in [1.54, 1.807) is 0 Å². The van der Waals surface area contributed by atoms with E-state index in [4.69, 9.17) is 4.42 Å². The summed E-state index contributed by atoms with van der Waals surface area (Å²) in [6.07, 6.45) is 0. The van der Waals surface area contributed by atoms with Gasteiger partial charge in [-0.05, 0) is 63.5 Å². The molecule has 206 valence electrons. The molecule has 1 heterocycles. The van der Waals surface area contributed by atoms with Crippen LogP contribution in [-0.2, 0) is 0 Å². The van der Waals surface area contributed by atoms with Gasteiger partial charge in [0, 0.05) is 38.5 Å². The average Bonchev–Trinajstić information content (AvgIpc) is 3.48. The molecule has 2 nitrogen and oxygen atoms in total. The van der Waals surface area contributed by atoms with Crippen LogP contribution in [0, 0.1) is 0 Å². The molecule has 0 aliphatic carbocycles. The van der Waals surface area contributed by atoms with Crippen molar-refractivity contribution in [2.75, 3.05) is 4.90 Å². The van der Waals surface area contributed by atoms with Gasteiger partial charge in [0.2, 0.25) is 0 Å². The first kappa shape index (κ1) is 24.7. The Hall–Kier alpha value is -5.86. The van der Waals surface area contributed by atoms with Crippen LogP contribution in [0.3, 0.4) is 0 Å². The number of para-hydroxylation sites is 2. The highest BCUT2D eigenvalue weighted by Gasteiger charge is 2.18. The molecule has 0 aliphatic heterocycles. The van der Waals surface area contributed by atoms with E-state index in [-0.39, 0.29) is 0 Å². The molecule has 9 rings (SSSR count). The summed E-state index contributed by atoms with van der Waals surface area (Å²) in [5.41, 5.74) is 7.46. The standard InChI is InChI=1S/C42H27NO/c1-2-13-32(14-3-1)43(39-19-8-12-28-10-4-6-15-34(28)39)33-25-22-30(23-26-33)36-17-9-18-37-38-27-24-31-21-20-29-11-5-7-16-35(29)40(31)42(38)44-41(36)37/h1-27H. The fourth-order valence-corrected chi connectivity index (χ4v) is 6.77. The van der Waals surface area contributed by atoms with Crippen LogP contribution in [0.1, 0.15) is 0 Å². The van der Waals surface area contributed by atoms with Gasteiger partial charge in [0.05, 0.1) is 5.69 Å². The van der Waals surface area contributed by atoms with Gasteiger partial charge in [-0.15, -0.1) is 0 Å². The zero-order chi connectivity index (χ0) is 29.0. The molecular formula is C42H27NO. The summed E-state index contributed by atoms with van der Waals surface area (Å²) in [6.45, 7) is 0. The molecule has 0 saturated heterocycles. The lowest BCUT2D eigenvalue weighted by Gasteiger charge is -2.27. The fraction of sp³-hybridized carbons (Fsp3) is 0. The van der Waals surface area contributed by atoms with E-state index in [0.717, 1.165) is 50.1 Å². The SMILES string of the molecule is c1ccc(N(c2ccc(-c3cccc4c3oc3c4ccc4ccc5ccccc5c43)cc2)c2cccc3ccccc23)cc1. The molecule has 0 bridgehead atoms. The van der Waals surface area contributed by atoms with Gasteiger partial charge in [-0.2, -0.15) is 0 Å². The van der Waals surface area contributed by atoms with Crippen LogP contribution in [0.5, 0.6) is 0 Å². The van der Waals surface area contributed by atoms with Crippen LogP contribution < -0.4 is 4.90 Å². The summed E-state index contributed by atoms with van der Waals surface area (Å²) < 4.78 is 6.81. The second kappa shape index (κ2) is 9.86. The normalized spacial score (nSPS) is 11.6. The van der Waals surface area contributed by atoms with Crippen molar-refractivity contribution >= 4 is 71.3 Å². The van der Waals surface area contributed by atoms with E-state index < -0.39 is 0 Å². The van der Waals surface area contributed by atoms with Gasteiger partial charge in [0.15, 0.2) is 0 Å². The topological polar surface area (TPSA) is 16.4 Å². The van der Waals surface area contributed by atoms with Crippen molar-refractivity contribution in [2.45, 2.75) is 0 Å². The third kappa shape index (κ3) is 3.82. The lowest BCUT2D eigenvalue weighted by molar-refractivity contribution is 0.674. The van der Waals surface area contributed by atoms with Gasteiger partial charge in [-0.25, -0.2) is 0 Å². The predicted octanol–water partition coefficient (Wildman–Crippen LogP) is 12.2. The molecular weight excluding hydrogens is 534 g/mol. The highest BCUT2D eigenvalue weighted by Crippen LogP contribution is 2.43. The van der Waals surface area contributed by atoms with Gasteiger partial charge in [-0.1, -0.05) is 127 Å². The van der Waals surface area contributed by atoms with Crippen molar-refractivity contribution in [1.82, 2.24) is 0 Å². The maximum absolute atomic E-state index is 6.81. The molecule has 0 amide bonds. The Morgan fingerprint density at radius 2 is 0.955 bits per heavy atom. The van der Waals surface area contributed by atoms with Gasteiger partial charge in [0.1, 0.15) is 11.2 Å². The van der Waals surface area contributed by atoms with Gasteiger partial charge < -0.3 is 9.32 Å². The van der Waals surface area contributed by atoms with Gasteiger partial charge in [-0.3, -0.25) is 0 Å². The molecule has 0 radical (unpaired) electrons. The van der Waals surface area contributed by atoms with E-state index in [9.17, 15) is 0 Å². The van der Waals surface area contributed by atoms with Crippen LogP contribution in [0.4, 0.5) is 17.1 Å². The zero-order valence-corrected chi connectivity index (χ0v) is 23.9. The van der Waals surface area contributed by atoms with Crippen molar-refractivity contribution in [1.29, 1.82) is 0 Å². The Morgan fingerprint density at radius 1 is 0.364 bits per heavy atom. The van der Waals surface area contributed by atoms with E-state index in [2.05, 4.69) is 169 Å². The maximum atomic E-state index is 6.81. The molecule has 0 saturated carbocycles. The van der Waals surface area contributed by atoms with Crippen LogP contribution in [0.25, 0.3) is 65.4 Å². The molecule has 0 N–H and O–H groups in total. The summed E-state index contributed by atoms with van der Waals surface area (Å²) in [4.78, 5) is 2.34. The monoisotopic (exact) mass is 561 g/mol. The molecule has 9 aromatic rings. The highest BCUT2D eigenvalue weighted by molar-refractivity contribution is 6.24. The summed E-state index contributed by atoms with van der Waals surface area (Å²) in [6, 6.07) is 58.4. The molecule has 0 aliphatic rings. The van der Waals surface area contributed by atoms with Crippen molar-refractivity contribution in [3.05, 3.63) is 164 Å². The van der Waals surface area contributed by atoms with Gasteiger partial charge >= 0.3 is 0 Å². The van der Waals surface area contributed by atoms with Crippen molar-refractivity contribution in [3.63, 3.8) is 0 Å². The Bertz CT molecular complexity index is 2480. The Labute approximate surface area is 255 Å². The first-order chi connectivity index (χ1) is 21.8. The molecule has 44 heavy (non-hydrogen) atoms. The van der Waals surface area contributed by atoms with Crippen LogP contribution in [0.15, 0.2) is 168 Å². The number of hydrogen-bond donors (Lipinski definition) is 0. The third-order valence-corrected chi connectivity index (χ3v) is 8.83. The summed E-state index contributed by atoms with van der Waals surface area (Å²) in [7, 11) is 0. The third-order valence-electron chi connectivity index (χ3n) is 8.83. The molecule has 0 unspecified atom stereocenters. The molecule has 8 aromatic carbocycles. The van der Waals surface area contributed by atoms with Crippen LogP contribution in [-0.4, -0.2) is 0 Å². The molecule has 1 aromatic heterocycles. The first-order valence-corrected chi connectivity index (χ1v) is 15.0. The van der Waals surface area contributed by atoms with Crippen molar-refractivity contribution < 1.29 is 4.42 Å². The predicted molar refractivity (Wildman–Crippen MR) is 186 cm³/mol.